The van der Waals surface area contributed by atoms with Crippen LogP contribution in [0.15, 0.2) is 35.5 Å². The summed E-state index contributed by atoms with van der Waals surface area (Å²) in [6.07, 6.45) is 0. The van der Waals surface area contributed by atoms with Crippen LogP contribution in [0.5, 0.6) is 0 Å². The summed E-state index contributed by atoms with van der Waals surface area (Å²) in [5.74, 6) is 0. The fourth-order valence-electron chi connectivity index (χ4n) is 1.81. The van der Waals surface area contributed by atoms with Gasteiger partial charge in [-0.15, -0.1) is 0 Å². The second-order valence-electron chi connectivity index (χ2n) is 4.60. The van der Waals surface area contributed by atoms with Gasteiger partial charge < -0.3 is 0 Å². The van der Waals surface area contributed by atoms with Crippen molar-refractivity contribution in [2.45, 2.75) is 38.1 Å². The minimum Gasteiger partial charge on any atom is -0.228 e. The van der Waals surface area contributed by atoms with E-state index in [9.17, 15) is 0 Å². The maximum absolute atomic E-state index is 4.47. The van der Waals surface area contributed by atoms with Crippen molar-refractivity contribution >= 4 is 11.8 Å². The van der Waals surface area contributed by atoms with Crippen molar-refractivity contribution in [1.82, 2.24) is 9.97 Å². The van der Waals surface area contributed by atoms with Gasteiger partial charge in [-0.05, 0) is 39.3 Å². The summed E-state index contributed by atoms with van der Waals surface area (Å²) < 4.78 is 0. The Morgan fingerprint density at radius 2 is 1.50 bits per heavy atom. The predicted octanol–water partition coefficient (Wildman–Crippen LogP) is 4.26. The zero-order valence-corrected chi connectivity index (χ0v) is 12.1. The monoisotopic (exact) mass is 258 g/mol. The highest BCUT2D eigenvalue weighted by Gasteiger charge is 2.09. The first-order valence-corrected chi connectivity index (χ1v) is 6.98. The summed E-state index contributed by atoms with van der Waals surface area (Å²) in [5, 5.41) is 1.23. The standard InChI is InChI=1S/C15H18N2S/c1-10-5-7-14(8-6-10)13(4)18-15-16-11(2)9-12(3)17-15/h5-9,13H,1-4H3. The lowest BCUT2D eigenvalue weighted by atomic mass is 10.1. The quantitative estimate of drug-likeness (QED) is 0.608. The first-order chi connectivity index (χ1) is 8.54. The Balaban J connectivity index is 2.15. The number of hydrogen-bond donors (Lipinski definition) is 0. The van der Waals surface area contributed by atoms with Crippen molar-refractivity contribution in [2.75, 3.05) is 0 Å². The highest BCUT2D eigenvalue weighted by molar-refractivity contribution is 7.99. The van der Waals surface area contributed by atoms with Crippen LogP contribution >= 0.6 is 11.8 Å². The largest absolute Gasteiger partial charge is 0.228 e. The van der Waals surface area contributed by atoms with Crippen LogP contribution in [0.4, 0.5) is 0 Å². The second kappa shape index (κ2) is 5.53. The van der Waals surface area contributed by atoms with Crippen LogP contribution in [-0.2, 0) is 0 Å². The molecule has 0 saturated carbocycles. The van der Waals surface area contributed by atoms with Gasteiger partial charge >= 0.3 is 0 Å². The molecule has 0 saturated heterocycles. The molecule has 0 spiro atoms. The summed E-state index contributed by atoms with van der Waals surface area (Å²) in [5.41, 5.74) is 4.66. The smallest absolute Gasteiger partial charge is 0.188 e. The molecule has 18 heavy (non-hydrogen) atoms. The Bertz CT molecular complexity index is 514. The Hall–Kier alpha value is -1.35. The number of aromatic nitrogens is 2. The molecule has 94 valence electrons. The van der Waals surface area contributed by atoms with E-state index < -0.39 is 0 Å². The normalized spacial score (nSPS) is 12.4. The third-order valence-electron chi connectivity index (χ3n) is 2.79. The Kier molecular flexibility index (Phi) is 4.02. The van der Waals surface area contributed by atoms with E-state index in [0.717, 1.165) is 16.5 Å². The lowest BCUT2D eigenvalue weighted by Crippen LogP contribution is -1.95. The third-order valence-corrected chi connectivity index (χ3v) is 3.81. The molecule has 2 rings (SSSR count). The number of aryl methyl sites for hydroxylation is 3. The lowest BCUT2D eigenvalue weighted by Gasteiger charge is -2.11. The fraction of sp³-hybridized carbons (Fsp3) is 0.333. The van der Waals surface area contributed by atoms with E-state index in [1.165, 1.54) is 11.1 Å². The Morgan fingerprint density at radius 3 is 2.06 bits per heavy atom. The van der Waals surface area contributed by atoms with Gasteiger partial charge in [-0.3, -0.25) is 0 Å². The Morgan fingerprint density at radius 1 is 0.944 bits per heavy atom. The van der Waals surface area contributed by atoms with Crippen LogP contribution in [-0.4, -0.2) is 9.97 Å². The summed E-state index contributed by atoms with van der Waals surface area (Å²) >= 11 is 1.71. The van der Waals surface area contributed by atoms with Gasteiger partial charge in [0.25, 0.3) is 0 Å². The van der Waals surface area contributed by atoms with Crippen molar-refractivity contribution in [3.05, 3.63) is 52.8 Å². The third kappa shape index (κ3) is 3.33. The van der Waals surface area contributed by atoms with Gasteiger partial charge in [0, 0.05) is 16.6 Å². The molecule has 0 aliphatic heterocycles. The van der Waals surface area contributed by atoms with E-state index in [0.29, 0.717) is 5.25 Å². The number of nitrogens with zero attached hydrogens (tertiary/aromatic N) is 2. The van der Waals surface area contributed by atoms with Gasteiger partial charge in [0.1, 0.15) is 0 Å². The van der Waals surface area contributed by atoms with Gasteiger partial charge in [0.15, 0.2) is 5.16 Å². The van der Waals surface area contributed by atoms with E-state index in [1.54, 1.807) is 11.8 Å². The average Bonchev–Trinajstić information content (AvgIpc) is 2.28. The zero-order valence-electron chi connectivity index (χ0n) is 11.3. The second-order valence-corrected chi connectivity index (χ2v) is 5.91. The van der Waals surface area contributed by atoms with Gasteiger partial charge in [-0.25, -0.2) is 9.97 Å². The van der Waals surface area contributed by atoms with Crippen molar-refractivity contribution < 1.29 is 0 Å². The van der Waals surface area contributed by atoms with Crippen LogP contribution in [0.25, 0.3) is 0 Å². The maximum Gasteiger partial charge on any atom is 0.188 e. The molecule has 0 radical (unpaired) electrons. The van der Waals surface area contributed by atoms with E-state index in [-0.39, 0.29) is 0 Å². The first kappa shape index (κ1) is 13.1. The van der Waals surface area contributed by atoms with Crippen molar-refractivity contribution in [2.24, 2.45) is 0 Å². The van der Waals surface area contributed by atoms with Crippen LogP contribution < -0.4 is 0 Å². The van der Waals surface area contributed by atoms with Gasteiger partial charge in [-0.2, -0.15) is 0 Å². The molecule has 0 aliphatic rings. The molecule has 1 atom stereocenters. The van der Waals surface area contributed by atoms with Crippen molar-refractivity contribution in [3.63, 3.8) is 0 Å². The molecular weight excluding hydrogens is 240 g/mol. The Labute approximate surface area is 113 Å². The molecule has 1 unspecified atom stereocenters. The van der Waals surface area contributed by atoms with E-state index in [2.05, 4.69) is 48.1 Å². The lowest BCUT2D eigenvalue weighted by molar-refractivity contribution is 0.894. The molecule has 1 heterocycles. The number of rotatable bonds is 3. The molecule has 1 aromatic heterocycles. The van der Waals surface area contributed by atoms with E-state index in [4.69, 9.17) is 0 Å². The van der Waals surface area contributed by atoms with Gasteiger partial charge in [0.2, 0.25) is 0 Å². The number of thioether (sulfide) groups is 1. The fourth-order valence-corrected chi connectivity index (χ4v) is 2.81. The average molecular weight is 258 g/mol. The van der Waals surface area contributed by atoms with Crippen molar-refractivity contribution in [1.29, 1.82) is 0 Å². The molecule has 1 aromatic carbocycles. The van der Waals surface area contributed by atoms with Crippen LogP contribution in [0.3, 0.4) is 0 Å². The minimum atomic E-state index is 0.367. The molecule has 3 heteroatoms. The predicted molar refractivity (Wildman–Crippen MR) is 77.0 cm³/mol. The molecule has 0 aliphatic carbocycles. The first-order valence-electron chi connectivity index (χ1n) is 6.10. The molecule has 0 fully saturated rings. The van der Waals surface area contributed by atoms with Crippen LogP contribution in [0, 0.1) is 20.8 Å². The van der Waals surface area contributed by atoms with E-state index in [1.807, 2.05) is 19.9 Å². The highest BCUT2D eigenvalue weighted by atomic mass is 32.2. The summed E-state index contributed by atoms with van der Waals surface area (Å²) in [6.45, 7) is 8.32. The highest BCUT2D eigenvalue weighted by Crippen LogP contribution is 2.32. The van der Waals surface area contributed by atoms with Crippen LogP contribution in [0.2, 0.25) is 0 Å². The van der Waals surface area contributed by atoms with Gasteiger partial charge in [0.05, 0.1) is 0 Å². The molecule has 0 N–H and O–H groups in total. The van der Waals surface area contributed by atoms with Crippen molar-refractivity contribution in [3.8, 4) is 0 Å². The minimum absolute atomic E-state index is 0.367. The molecule has 0 amide bonds. The van der Waals surface area contributed by atoms with Gasteiger partial charge in [-0.1, -0.05) is 41.6 Å². The summed E-state index contributed by atoms with van der Waals surface area (Å²) in [6, 6.07) is 10.6. The molecule has 2 aromatic rings. The molecule has 2 nitrogen and oxygen atoms in total. The molecular formula is C15H18N2S. The summed E-state index contributed by atoms with van der Waals surface area (Å²) in [7, 11) is 0. The molecule has 0 bridgehead atoms. The summed E-state index contributed by atoms with van der Waals surface area (Å²) in [4.78, 5) is 8.94. The maximum atomic E-state index is 4.47. The number of hydrogen-bond acceptors (Lipinski definition) is 3. The number of benzene rings is 1. The zero-order chi connectivity index (χ0) is 13.1. The van der Waals surface area contributed by atoms with E-state index >= 15 is 0 Å². The topological polar surface area (TPSA) is 25.8 Å². The SMILES string of the molecule is Cc1ccc(C(C)Sc2nc(C)cc(C)n2)cc1. The van der Waals surface area contributed by atoms with Crippen LogP contribution in [0.1, 0.15) is 34.7 Å².